The molecule has 0 spiro atoms. The highest BCUT2D eigenvalue weighted by molar-refractivity contribution is 9.10. The zero-order chi connectivity index (χ0) is 14.0. The molecule has 1 fully saturated rings. The van der Waals surface area contributed by atoms with Gasteiger partial charge in [0.2, 0.25) is 0 Å². The number of rotatable bonds is 3. The van der Waals surface area contributed by atoms with E-state index < -0.39 is 5.60 Å². The molecule has 0 saturated heterocycles. The lowest BCUT2D eigenvalue weighted by molar-refractivity contribution is -0.0795. The van der Waals surface area contributed by atoms with E-state index in [2.05, 4.69) is 61.0 Å². The van der Waals surface area contributed by atoms with Crippen LogP contribution in [0.3, 0.4) is 0 Å². The summed E-state index contributed by atoms with van der Waals surface area (Å²) in [7, 11) is 0. The molecule has 1 nitrogen and oxygen atoms in total. The second-order valence-corrected chi connectivity index (χ2v) is 7.56. The standard InChI is InChI=1S/C17H25BrO/c1-12(2)16-9-4-13(3)10-17(16,19)11-14-5-7-15(18)8-6-14/h5-8,12-13,16,19H,4,9-11H2,1-3H3. The first-order valence-electron chi connectivity index (χ1n) is 7.37. The third-order valence-corrected chi connectivity index (χ3v) is 5.12. The first-order valence-corrected chi connectivity index (χ1v) is 8.17. The van der Waals surface area contributed by atoms with Crippen LogP contribution in [0.4, 0.5) is 0 Å². The van der Waals surface area contributed by atoms with Gasteiger partial charge in [-0.05, 0) is 48.3 Å². The molecular weight excluding hydrogens is 300 g/mol. The molecule has 0 aliphatic heterocycles. The van der Waals surface area contributed by atoms with Crippen LogP contribution in [0, 0.1) is 17.8 Å². The second kappa shape index (κ2) is 5.97. The van der Waals surface area contributed by atoms with Crippen LogP contribution in [0.5, 0.6) is 0 Å². The molecule has 0 aromatic heterocycles. The molecule has 0 bridgehead atoms. The minimum absolute atomic E-state index is 0.423. The lowest BCUT2D eigenvalue weighted by atomic mass is 9.65. The number of halogens is 1. The van der Waals surface area contributed by atoms with Crippen molar-refractivity contribution in [1.29, 1.82) is 0 Å². The summed E-state index contributed by atoms with van der Waals surface area (Å²) < 4.78 is 1.10. The Morgan fingerprint density at radius 1 is 1.26 bits per heavy atom. The summed E-state index contributed by atoms with van der Waals surface area (Å²) in [6.45, 7) is 6.75. The van der Waals surface area contributed by atoms with Crippen molar-refractivity contribution in [3.8, 4) is 0 Å². The van der Waals surface area contributed by atoms with Gasteiger partial charge in [0.05, 0.1) is 5.60 Å². The molecule has 1 aliphatic rings. The van der Waals surface area contributed by atoms with E-state index in [-0.39, 0.29) is 0 Å². The Hall–Kier alpha value is -0.340. The first-order chi connectivity index (χ1) is 8.90. The SMILES string of the molecule is CC1CCC(C(C)C)C(O)(Cc2ccc(Br)cc2)C1. The van der Waals surface area contributed by atoms with E-state index in [1.807, 2.05) is 0 Å². The number of hydrogen-bond donors (Lipinski definition) is 1. The highest BCUT2D eigenvalue weighted by atomic mass is 79.9. The molecule has 1 saturated carbocycles. The van der Waals surface area contributed by atoms with Crippen LogP contribution in [0.1, 0.15) is 45.6 Å². The topological polar surface area (TPSA) is 20.2 Å². The van der Waals surface area contributed by atoms with E-state index in [1.54, 1.807) is 0 Å². The maximum atomic E-state index is 11.2. The Kier molecular flexibility index (Phi) is 4.73. The van der Waals surface area contributed by atoms with Crippen LogP contribution in [0.25, 0.3) is 0 Å². The van der Waals surface area contributed by atoms with Gasteiger partial charge in [-0.2, -0.15) is 0 Å². The molecule has 3 unspecified atom stereocenters. The molecule has 2 heteroatoms. The zero-order valence-electron chi connectivity index (χ0n) is 12.2. The van der Waals surface area contributed by atoms with Crippen molar-refractivity contribution in [3.05, 3.63) is 34.3 Å². The van der Waals surface area contributed by atoms with Gasteiger partial charge in [0.15, 0.2) is 0 Å². The fraction of sp³-hybridized carbons (Fsp3) is 0.647. The Bertz CT molecular complexity index is 412. The first kappa shape index (κ1) is 15.1. The van der Waals surface area contributed by atoms with E-state index in [0.717, 1.165) is 23.7 Å². The third-order valence-electron chi connectivity index (χ3n) is 4.59. The molecule has 3 atom stereocenters. The van der Waals surface area contributed by atoms with Gasteiger partial charge in [0.25, 0.3) is 0 Å². The molecule has 1 aliphatic carbocycles. The summed E-state index contributed by atoms with van der Waals surface area (Å²) in [5.74, 6) is 1.61. The minimum atomic E-state index is -0.528. The van der Waals surface area contributed by atoms with E-state index in [9.17, 15) is 5.11 Å². The van der Waals surface area contributed by atoms with Crippen molar-refractivity contribution < 1.29 is 5.11 Å². The Labute approximate surface area is 125 Å². The molecule has 1 aromatic carbocycles. The van der Waals surface area contributed by atoms with Gasteiger partial charge >= 0.3 is 0 Å². The number of aliphatic hydroxyl groups is 1. The summed E-state index contributed by atoms with van der Waals surface area (Å²) in [5, 5.41) is 11.2. The summed E-state index contributed by atoms with van der Waals surface area (Å²) >= 11 is 3.47. The lowest BCUT2D eigenvalue weighted by Gasteiger charge is -2.45. The van der Waals surface area contributed by atoms with Crippen LogP contribution in [0.2, 0.25) is 0 Å². The van der Waals surface area contributed by atoms with Crippen molar-refractivity contribution in [2.45, 2.75) is 52.1 Å². The Morgan fingerprint density at radius 3 is 2.47 bits per heavy atom. The number of hydrogen-bond acceptors (Lipinski definition) is 1. The summed E-state index contributed by atoms with van der Waals surface area (Å²) in [6.07, 6.45) is 4.14. The minimum Gasteiger partial charge on any atom is -0.389 e. The van der Waals surface area contributed by atoms with Crippen molar-refractivity contribution in [2.75, 3.05) is 0 Å². The van der Waals surface area contributed by atoms with Crippen LogP contribution < -0.4 is 0 Å². The van der Waals surface area contributed by atoms with Gasteiger partial charge < -0.3 is 5.11 Å². The molecule has 1 N–H and O–H groups in total. The van der Waals surface area contributed by atoms with Gasteiger partial charge in [-0.3, -0.25) is 0 Å². The molecule has 106 valence electrons. The van der Waals surface area contributed by atoms with Crippen LogP contribution in [0.15, 0.2) is 28.7 Å². The van der Waals surface area contributed by atoms with Crippen molar-refractivity contribution in [3.63, 3.8) is 0 Å². The average molecular weight is 325 g/mol. The molecule has 0 radical (unpaired) electrons. The summed E-state index contributed by atoms with van der Waals surface area (Å²) in [6, 6.07) is 8.38. The van der Waals surface area contributed by atoms with Gasteiger partial charge in [0.1, 0.15) is 0 Å². The molecule has 2 rings (SSSR count). The van der Waals surface area contributed by atoms with E-state index >= 15 is 0 Å². The molecule has 19 heavy (non-hydrogen) atoms. The fourth-order valence-corrected chi connectivity index (χ4v) is 3.97. The van der Waals surface area contributed by atoms with Crippen LogP contribution >= 0.6 is 15.9 Å². The number of benzene rings is 1. The second-order valence-electron chi connectivity index (χ2n) is 6.64. The molecule has 0 amide bonds. The molecular formula is C17H25BrO. The Balaban J connectivity index is 2.19. The van der Waals surface area contributed by atoms with Crippen molar-refractivity contribution >= 4 is 15.9 Å². The average Bonchev–Trinajstić information content (AvgIpc) is 2.31. The molecule has 1 aromatic rings. The fourth-order valence-electron chi connectivity index (χ4n) is 3.70. The monoisotopic (exact) mass is 324 g/mol. The normalized spacial score (nSPS) is 31.7. The zero-order valence-corrected chi connectivity index (χ0v) is 13.8. The van der Waals surface area contributed by atoms with Crippen LogP contribution in [-0.2, 0) is 6.42 Å². The van der Waals surface area contributed by atoms with Gasteiger partial charge in [-0.15, -0.1) is 0 Å². The van der Waals surface area contributed by atoms with Gasteiger partial charge in [-0.1, -0.05) is 55.3 Å². The third kappa shape index (κ3) is 3.61. The predicted molar refractivity (Wildman–Crippen MR) is 84.1 cm³/mol. The van der Waals surface area contributed by atoms with Gasteiger partial charge in [-0.25, -0.2) is 0 Å². The highest BCUT2D eigenvalue weighted by Crippen LogP contribution is 2.42. The smallest absolute Gasteiger partial charge is 0.0720 e. The Morgan fingerprint density at radius 2 is 1.89 bits per heavy atom. The summed E-state index contributed by atoms with van der Waals surface area (Å²) in [5.41, 5.74) is 0.713. The van der Waals surface area contributed by atoms with E-state index in [1.165, 1.54) is 12.0 Å². The quantitative estimate of drug-likeness (QED) is 0.845. The predicted octanol–water partition coefficient (Wildman–Crippen LogP) is 4.81. The largest absolute Gasteiger partial charge is 0.389 e. The lowest BCUT2D eigenvalue weighted by Crippen LogP contribution is -2.47. The summed E-state index contributed by atoms with van der Waals surface area (Å²) in [4.78, 5) is 0. The van der Waals surface area contributed by atoms with E-state index in [0.29, 0.717) is 17.8 Å². The maximum absolute atomic E-state index is 11.2. The van der Waals surface area contributed by atoms with Crippen molar-refractivity contribution in [1.82, 2.24) is 0 Å². The molecule has 0 heterocycles. The van der Waals surface area contributed by atoms with Gasteiger partial charge in [0, 0.05) is 10.9 Å². The van der Waals surface area contributed by atoms with Crippen LogP contribution in [-0.4, -0.2) is 10.7 Å². The highest BCUT2D eigenvalue weighted by Gasteiger charge is 2.42. The van der Waals surface area contributed by atoms with Crippen molar-refractivity contribution in [2.24, 2.45) is 17.8 Å². The van der Waals surface area contributed by atoms with E-state index in [4.69, 9.17) is 0 Å². The maximum Gasteiger partial charge on any atom is 0.0720 e.